The molecule has 0 N–H and O–H groups in total. The minimum absolute atomic E-state index is 0.899. The van der Waals surface area contributed by atoms with Crippen molar-refractivity contribution in [3.05, 3.63) is 77.4 Å². The van der Waals surface area contributed by atoms with Crippen molar-refractivity contribution in [1.82, 2.24) is 0 Å². The molecule has 0 aliphatic heterocycles. The molecule has 3 aromatic rings. The molecule has 21 heavy (non-hydrogen) atoms. The van der Waals surface area contributed by atoms with Gasteiger partial charge < -0.3 is 0 Å². The normalized spacial score (nSPS) is 12.8. The van der Waals surface area contributed by atoms with Gasteiger partial charge in [-0.3, -0.25) is 0 Å². The molecule has 0 unspecified atom stereocenters. The van der Waals surface area contributed by atoms with Crippen LogP contribution in [-0.4, -0.2) is 0 Å². The molecule has 0 aromatic heterocycles. The van der Waals surface area contributed by atoms with Gasteiger partial charge in [-0.15, -0.1) is 0 Å². The third-order valence-electron chi connectivity index (χ3n) is 4.30. The van der Waals surface area contributed by atoms with Crippen LogP contribution in [0.3, 0.4) is 0 Å². The molecule has 0 spiro atoms. The lowest BCUT2D eigenvalue weighted by Gasteiger charge is -2.15. The number of hydrogen-bond acceptors (Lipinski definition) is 0. The van der Waals surface area contributed by atoms with Gasteiger partial charge >= 0.3 is 0 Å². The Labute approximate surface area is 133 Å². The van der Waals surface area contributed by atoms with Crippen molar-refractivity contribution in [2.75, 3.05) is 0 Å². The fourth-order valence-electron chi connectivity index (χ4n) is 3.28. The molecule has 102 valence electrons. The summed E-state index contributed by atoms with van der Waals surface area (Å²) in [6.45, 7) is 0. The zero-order valence-corrected chi connectivity index (χ0v) is 13.2. The zero-order chi connectivity index (χ0) is 14.2. The smallest absolute Gasteiger partial charge is 0.0292 e. The van der Waals surface area contributed by atoms with E-state index >= 15 is 0 Å². The van der Waals surface area contributed by atoms with Crippen molar-refractivity contribution in [1.29, 1.82) is 0 Å². The quantitative estimate of drug-likeness (QED) is 0.506. The van der Waals surface area contributed by atoms with Crippen molar-refractivity contribution in [3.63, 3.8) is 0 Å². The summed E-state index contributed by atoms with van der Waals surface area (Å²) in [4.78, 5) is 0. The van der Waals surface area contributed by atoms with Crippen molar-refractivity contribution < 1.29 is 0 Å². The summed E-state index contributed by atoms with van der Waals surface area (Å²) >= 11 is 3.70. The number of alkyl halides is 1. The lowest BCUT2D eigenvalue weighted by molar-refractivity contribution is 1.23. The van der Waals surface area contributed by atoms with Crippen LogP contribution < -0.4 is 0 Å². The number of halogens is 1. The Balaban J connectivity index is 2.02. The highest BCUT2D eigenvalue weighted by Gasteiger charge is 2.15. The fourth-order valence-corrected chi connectivity index (χ4v) is 3.92. The lowest BCUT2D eigenvalue weighted by Crippen LogP contribution is -1.95. The molecule has 0 atom stereocenters. The molecular weight excluding hydrogens is 320 g/mol. The Bertz CT molecular complexity index is 854. The number of allylic oxidation sites excluding steroid dienone is 1. The van der Waals surface area contributed by atoms with Crippen molar-refractivity contribution >= 4 is 32.8 Å². The third-order valence-corrected chi connectivity index (χ3v) is 4.86. The minimum Gasteiger partial charge on any atom is -0.0876 e. The van der Waals surface area contributed by atoms with Crippen LogP contribution in [0.15, 0.2) is 60.7 Å². The molecule has 0 saturated carbocycles. The largest absolute Gasteiger partial charge is 0.0876 e. The summed E-state index contributed by atoms with van der Waals surface area (Å²) in [6.07, 6.45) is 5.53. The molecule has 0 radical (unpaired) electrons. The predicted molar refractivity (Wildman–Crippen MR) is 94.8 cm³/mol. The highest BCUT2D eigenvalue weighted by Crippen LogP contribution is 2.36. The molecule has 0 nitrogen and oxygen atoms in total. The Kier molecular flexibility index (Phi) is 3.16. The summed E-state index contributed by atoms with van der Waals surface area (Å²) in [5, 5.41) is 3.53. The van der Waals surface area contributed by atoms with E-state index in [0.29, 0.717) is 0 Å². The first kappa shape index (κ1) is 12.8. The molecular formula is C20H15Br. The van der Waals surface area contributed by atoms with Gasteiger partial charge in [-0.05, 0) is 45.0 Å². The van der Waals surface area contributed by atoms with Gasteiger partial charge in [0.15, 0.2) is 0 Å². The molecule has 0 saturated heterocycles. The molecule has 1 aliphatic carbocycles. The van der Waals surface area contributed by atoms with Gasteiger partial charge in [0.25, 0.3) is 0 Å². The Morgan fingerprint density at radius 3 is 2.62 bits per heavy atom. The lowest BCUT2D eigenvalue weighted by atomic mass is 9.91. The molecule has 0 fully saturated rings. The van der Waals surface area contributed by atoms with Crippen LogP contribution in [0, 0.1) is 0 Å². The first-order valence-electron chi connectivity index (χ1n) is 7.24. The molecule has 1 aliphatic rings. The minimum atomic E-state index is 0.899. The van der Waals surface area contributed by atoms with Gasteiger partial charge in [-0.2, -0.15) is 0 Å². The Morgan fingerprint density at radius 2 is 1.71 bits per heavy atom. The van der Waals surface area contributed by atoms with E-state index in [-0.39, 0.29) is 0 Å². The standard InChI is InChI=1S/C20H15Br/c21-13-20-17-9-3-7-15(17)11-12-19(20)18-10-4-6-14-5-1-2-8-16(14)18/h1-8,10-12H,9,13H2. The zero-order valence-electron chi connectivity index (χ0n) is 11.6. The predicted octanol–water partition coefficient (Wildman–Crippen LogP) is 5.97. The molecule has 4 rings (SSSR count). The van der Waals surface area contributed by atoms with Crippen LogP contribution >= 0.6 is 15.9 Å². The van der Waals surface area contributed by atoms with Gasteiger partial charge in [-0.1, -0.05) is 82.7 Å². The van der Waals surface area contributed by atoms with Crippen molar-refractivity contribution in [3.8, 4) is 11.1 Å². The molecule has 1 heteroatoms. The maximum Gasteiger partial charge on any atom is 0.0292 e. The van der Waals surface area contributed by atoms with E-state index in [2.05, 4.69) is 82.7 Å². The topological polar surface area (TPSA) is 0 Å². The van der Waals surface area contributed by atoms with Crippen molar-refractivity contribution in [2.24, 2.45) is 0 Å². The van der Waals surface area contributed by atoms with Crippen molar-refractivity contribution in [2.45, 2.75) is 11.8 Å². The van der Waals surface area contributed by atoms with Crippen LogP contribution in [0.4, 0.5) is 0 Å². The van der Waals surface area contributed by atoms with E-state index in [4.69, 9.17) is 0 Å². The van der Waals surface area contributed by atoms with E-state index in [1.165, 1.54) is 38.6 Å². The second kappa shape index (κ2) is 5.16. The monoisotopic (exact) mass is 334 g/mol. The molecule has 0 bridgehead atoms. The van der Waals surface area contributed by atoms with Gasteiger partial charge in [0.2, 0.25) is 0 Å². The molecule has 3 aromatic carbocycles. The Morgan fingerprint density at radius 1 is 0.857 bits per heavy atom. The van der Waals surface area contributed by atoms with E-state index in [1.807, 2.05) is 0 Å². The van der Waals surface area contributed by atoms with E-state index in [0.717, 1.165) is 11.8 Å². The number of fused-ring (bicyclic) bond motifs is 2. The summed E-state index contributed by atoms with van der Waals surface area (Å²) < 4.78 is 0. The van der Waals surface area contributed by atoms with Gasteiger partial charge in [0, 0.05) is 5.33 Å². The van der Waals surface area contributed by atoms with Crippen LogP contribution in [0.25, 0.3) is 28.0 Å². The second-order valence-electron chi connectivity index (χ2n) is 5.43. The van der Waals surface area contributed by atoms with E-state index < -0.39 is 0 Å². The maximum atomic E-state index is 3.70. The average Bonchev–Trinajstić information content (AvgIpc) is 3.02. The number of benzene rings is 3. The summed E-state index contributed by atoms with van der Waals surface area (Å²) in [5.41, 5.74) is 6.95. The van der Waals surface area contributed by atoms with Crippen LogP contribution in [0.1, 0.15) is 16.7 Å². The van der Waals surface area contributed by atoms with Gasteiger partial charge in [0.1, 0.15) is 0 Å². The first-order chi connectivity index (χ1) is 10.4. The first-order valence-corrected chi connectivity index (χ1v) is 8.36. The SMILES string of the molecule is BrCc1c(-c2cccc3ccccc23)ccc2c1CC=C2. The average molecular weight is 335 g/mol. The highest BCUT2D eigenvalue weighted by molar-refractivity contribution is 9.08. The second-order valence-corrected chi connectivity index (χ2v) is 5.99. The van der Waals surface area contributed by atoms with Crippen LogP contribution in [0.2, 0.25) is 0 Å². The molecule has 0 heterocycles. The van der Waals surface area contributed by atoms with Crippen LogP contribution in [0.5, 0.6) is 0 Å². The Hall–Kier alpha value is -1.86. The fraction of sp³-hybridized carbons (Fsp3) is 0.100. The summed E-state index contributed by atoms with van der Waals surface area (Å²) in [6, 6.07) is 19.7. The van der Waals surface area contributed by atoms with Gasteiger partial charge in [-0.25, -0.2) is 0 Å². The summed E-state index contributed by atoms with van der Waals surface area (Å²) in [7, 11) is 0. The highest BCUT2D eigenvalue weighted by atomic mass is 79.9. The maximum absolute atomic E-state index is 3.70. The number of rotatable bonds is 2. The van der Waals surface area contributed by atoms with Crippen LogP contribution in [-0.2, 0) is 11.8 Å². The molecule has 0 amide bonds. The summed E-state index contributed by atoms with van der Waals surface area (Å²) in [5.74, 6) is 0. The van der Waals surface area contributed by atoms with Gasteiger partial charge in [0.05, 0.1) is 0 Å². The number of hydrogen-bond donors (Lipinski definition) is 0. The third kappa shape index (κ3) is 2.04. The van der Waals surface area contributed by atoms with E-state index in [9.17, 15) is 0 Å². The van der Waals surface area contributed by atoms with E-state index in [1.54, 1.807) is 0 Å².